The smallest absolute Gasteiger partial charge is 0.321 e. The van der Waals surface area contributed by atoms with Gasteiger partial charge in [0.1, 0.15) is 0 Å². The van der Waals surface area contributed by atoms with E-state index in [1.165, 1.54) is 19.1 Å². The number of methoxy groups -OCH3 is 2. The topological polar surface area (TPSA) is 67.8 Å². The van der Waals surface area contributed by atoms with E-state index in [-0.39, 0.29) is 11.9 Å². The molecule has 3 rings (SSSR count). The quantitative estimate of drug-likeness (QED) is 0.863. The van der Waals surface area contributed by atoms with E-state index < -0.39 is 0 Å². The molecule has 1 aliphatic rings. The van der Waals surface area contributed by atoms with Crippen LogP contribution in [0.25, 0.3) is 0 Å². The first-order valence-corrected chi connectivity index (χ1v) is 7.25. The zero-order valence-electron chi connectivity index (χ0n) is 13.3. The van der Waals surface area contributed by atoms with Crippen molar-refractivity contribution in [1.29, 1.82) is 0 Å². The molecule has 0 saturated carbocycles. The number of anilines is 3. The van der Waals surface area contributed by atoms with E-state index in [0.29, 0.717) is 30.4 Å². The van der Waals surface area contributed by atoms with Gasteiger partial charge in [0.25, 0.3) is 0 Å². The standard InChI is InChI=1S/C16H18N4O3/c1-19-12(21)9-10-20(11-7-5-4-6-8-11)14-13(19)15(22-2)18-16(17-14)23-3/h4-8H,9-10H2,1-3H3. The lowest BCUT2D eigenvalue weighted by atomic mass is 10.2. The van der Waals surface area contributed by atoms with E-state index in [4.69, 9.17) is 9.47 Å². The summed E-state index contributed by atoms with van der Waals surface area (Å²) in [5.74, 6) is 0.885. The third-order valence-corrected chi connectivity index (χ3v) is 3.77. The van der Waals surface area contributed by atoms with Gasteiger partial charge in [0.15, 0.2) is 11.5 Å². The predicted octanol–water partition coefficient (Wildman–Crippen LogP) is 2.00. The second-order valence-corrected chi connectivity index (χ2v) is 5.08. The largest absolute Gasteiger partial charge is 0.479 e. The van der Waals surface area contributed by atoms with Crippen LogP contribution >= 0.6 is 0 Å². The summed E-state index contributed by atoms with van der Waals surface area (Å²) in [7, 11) is 4.71. The Morgan fingerprint density at radius 1 is 1.09 bits per heavy atom. The van der Waals surface area contributed by atoms with Gasteiger partial charge in [0.05, 0.1) is 14.2 Å². The highest BCUT2D eigenvalue weighted by Gasteiger charge is 2.31. The lowest BCUT2D eigenvalue weighted by molar-refractivity contribution is -0.118. The van der Waals surface area contributed by atoms with Crippen molar-refractivity contribution >= 4 is 23.1 Å². The molecule has 0 unspecified atom stereocenters. The number of hydrogen-bond donors (Lipinski definition) is 0. The van der Waals surface area contributed by atoms with Gasteiger partial charge in [-0.1, -0.05) is 18.2 Å². The normalized spacial score (nSPS) is 14.3. The molecule has 23 heavy (non-hydrogen) atoms. The summed E-state index contributed by atoms with van der Waals surface area (Å²) in [6, 6.07) is 9.98. The summed E-state index contributed by atoms with van der Waals surface area (Å²) in [6.45, 7) is 0.517. The fraction of sp³-hybridized carbons (Fsp3) is 0.312. The Balaban J connectivity index is 2.23. The Bertz CT molecular complexity index is 721. The van der Waals surface area contributed by atoms with Crippen LogP contribution in [0.2, 0.25) is 0 Å². The van der Waals surface area contributed by atoms with E-state index >= 15 is 0 Å². The summed E-state index contributed by atoms with van der Waals surface area (Å²) in [5.41, 5.74) is 1.49. The summed E-state index contributed by atoms with van der Waals surface area (Å²) in [6.07, 6.45) is 0.368. The Labute approximate surface area is 134 Å². The molecule has 1 amide bonds. The molecule has 2 heterocycles. The van der Waals surface area contributed by atoms with Crippen molar-refractivity contribution in [2.45, 2.75) is 6.42 Å². The van der Waals surface area contributed by atoms with Crippen molar-refractivity contribution in [3.8, 4) is 11.9 Å². The number of ether oxygens (including phenoxy) is 2. The molecule has 7 nitrogen and oxygen atoms in total. The van der Waals surface area contributed by atoms with E-state index in [9.17, 15) is 4.79 Å². The molecule has 120 valence electrons. The van der Waals surface area contributed by atoms with Crippen LogP contribution in [0.3, 0.4) is 0 Å². The van der Waals surface area contributed by atoms with E-state index in [1.54, 1.807) is 7.05 Å². The number of rotatable bonds is 3. The maximum absolute atomic E-state index is 12.3. The second kappa shape index (κ2) is 6.12. The minimum absolute atomic E-state index is 0.0169. The molecular weight excluding hydrogens is 296 g/mol. The molecule has 1 aliphatic heterocycles. The first-order valence-electron chi connectivity index (χ1n) is 7.25. The van der Waals surface area contributed by atoms with Gasteiger partial charge >= 0.3 is 6.01 Å². The van der Waals surface area contributed by atoms with E-state index in [0.717, 1.165) is 5.69 Å². The van der Waals surface area contributed by atoms with Gasteiger partial charge in [-0.3, -0.25) is 4.79 Å². The molecule has 0 atom stereocenters. The fourth-order valence-corrected chi connectivity index (χ4v) is 2.58. The van der Waals surface area contributed by atoms with Gasteiger partial charge in [-0.15, -0.1) is 0 Å². The first kappa shape index (κ1) is 15.1. The molecule has 2 aromatic rings. The number of carbonyl (C=O) groups excluding carboxylic acids is 1. The number of benzene rings is 1. The Hall–Kier alpha value is -2.83. The summed E-state index contributed by atoms with van der Waals surface area (Å²) in [5, 5.41) is 0. The molecule has 0 radical (unpaired) electrons. The van der Waals surface area contributed by atoms with Crippen molar-refractivity contribution in [2.24, 2.45) is 0 Å². The molecule has 0 aliphatic carbocycles. The van der Waals surface area contributed by atoms with E-state index in [2.05, 4.69) is 9.97 Å². The van der Waals surface area contributed by atoms with Gasteiger partial charge in [-0.25, -0.2) is 0 Å². The highest BCUT2D eigenvalue weighted by Crippen LogP contribution is 2.41. The number of fused-ring (bicyclic) bond motifs is 1. The molecule has 0 N–H and O–H groups in total. The highest BCUT2D eigenvalue weighted by atomic mass is 16.5. The van der Waals surface area contributed by atoms with Crippen molar-refractivity contribution < 1.29 is 14.3 Å². The number of nitrogens with zero attached hydrogens (tertiary/aromatic N) is 4. The number of amides is 1. The fourth-order valence-electron chi connectivity index (χ4n) is 2.58. The molecule has 0 spiro atoms. The molecule has 0 fully saturated rings. The molecule has 1 aromatic carbocycles. The minimum Gasteiger partial charge on any atom is -0.479 e. The van der Waals surface area contributed by atoms with Crippen LogP contribution in [0.1, 0.15) is 6.42 Å². The van der Waals surface area contributed by atoms with Gasteiger partial charge in [-0.05, 0) is 12.1 Å². The van der Waals surface area contributed by atoms with Crippen LogP contribution in [0.4, 0.5) is 17.2 Å². The van der Waals surface area contributed by atoms with Crippen LogP contribution in [-0.2, 0) is 4.79 Å². The minimum atomic E-state index is -0.0169. The van der Waals surface area contributed by atoms with Gasteiger partial charge in [-0.2, -0.15) is 9.97 Å². The third kappa shape index (κ3) is 2.65. The van der Waals surface area contributed by atoms with Gasteiger partial charge in [0, 0.05) is 25.7 Å². The van der Waals surface area contributed by atoms with Gasteiger partial charge in [0.2, 0.25) is 11.8 Å². The first-order chi connectivity index (χ1) is 11.2. The monoisotopic (exact) mass is 314 g/mol. The molecule has 0 bridgehead atoms. The molecule has 0 saturated heterocycles. The van der Waals surface area contributed by atoms with Gasteiger partial charge < -0.3 is 19.3 Å². The van der Waals surface area contributed by atoms with Crippen LogP contribution in [0, 0.1) is 0 Å². The lowest BCUT2D eigenvalue weighted by Gasteiger charge is -2.25. The van der Waals surface area contributed by atoms with Crippen molar-refractivity contribution in [2.75, 3.05) is 37.6 Å². The maximum atomic E-state index is 12.3. The summed E-state index contributed by atoms with van der Waals surface area (Å²) < 4.78 is 10.5. The Morgan fingerprint density at radius 3 is 2.48 bits per heavy atom. The SMILES string of the molecule is COc1nc(OC)c2c(n1)N(c1ccccc1)CCC(=O)N2C. The number of hydrogen-bond acceptors (Lipinski definition) is 6. The second-order valence-electron chi connectivity index (χ2n) is 5.08. The Kier molecular flexibility index (Phi) is 4.01. The summed E-state index contributed by atoms with van der Waals surface area (Å²) >= 11 is 0. The van der Waals surface area contributed by atoms with Crippen molar-refractivity contribution in [3.63, 3.8) is 0 Å². The Morgan fingerprint density at radius 2 is 1.83 bits per heavy atom. The van der Waals surface area contributed by atoms with Crippen molar-refractivity contribution in [3.05, 3.63) is 30.3 Å². The maximum Gasteiger partial charge on any atom is 0.321 e. The average molecular weight is 314 g/mol. The number of para-hydroxylation sites is 1. The lowest BCUT2D eigenvalue weighted by Crippen LogP contribution is -2.26. The third-order valence-electron chi connectivity index (χ3n) is 3.77. The van der Waals surface area contributed by atoms with Crippen LogP contribution in [0.5, 0.6) is 11.9 Å². The van der Waals surface area contributed by atoms with Crippen LogP contribution in [0.15, 0.2) is 30.3 Å². The van der Waals surface area contributed by atoms with Crippen LogP contribution < -0.4 is 19.3 Å². The average Bonchev–Trinajstić information content (AvgIpc) is 2.72. The van der Waals surface area contributed by atoms with E-state index in [1.807, 2.05) is 35.2 Å². The summed E-state index contributed by atoms with van der Waals surface area (Å²) in [4.78, 5) is 24.5. The predicted molar refractivity (Wildman–Crippen MR) is 86.6 cm³/mol. The number of carbonyl (C=O) groups is 1. The molecular formula is C16H18N4O3. The number of aromatic nitrogens is 2. The van der Waals surface area contributed by atoms with Crippen LogP contribution in [-0.4, -0.2) is 43.7 Å². The zero-order valence-corrected chi connectivity index (χ0v) is 13.3. The van der Waals surface area contributed by atoms with Crippen molar-refractivity contribution in [1.82, 2.24) is 9.97 Å². The molecule has 7 heteroatoms. The molecule has 1 aromatic heterocycles. The highest BCUT2D eigenvalue weighted by molar-refractivity contribution is 6.00. The zero-order chi connectivity index (χ0) is 16.4.